The Morgan fingerprint density at radius 1 is 0.900 bits per heavy atom. The van der Waals surface area contributed by atoms with Gasteiger partial charge in [-0.1, -0.05) is 54.6 Å². The first kappa shape index (κ1) is 12.6. The molecule has 3 aromatic rings. The highest BCUT2D eigenvalue weighted by atomic mass is 15.3. The van der Waals surface area contributed by atoms with E-state index in [0.717, 1.165) is 16.8 Å². The molecule has 0 aliphatic rings. The third-order valence-electron chi connectivity index (χ3n) is 3.40. The fraction of sp³-hybridized carbons (Fsp3) is 0.118. The molecule has 0 saturated carbocycles. The lowest BCUT2D eigenvalue weighted by atomic mass is 10.0. The van der Waals surface area contributed by atoms with E-state index in [9.17, 15) is 0 Å². The number of aryl methyl sites for hydroxylation is 1. The first-order chi connectivity index (χ1) is 9.78. The van der Waals surface area contributed by atoms with Crippen LogP contribution in [0, 0.1) is 0 Å². The van der Waals surface area contributed by atoms with Gasteiger partial charge in [-0.3, -0.25) is 4.68 Å². The van der Waals surface area contributed by atoms with Crippen LogP contribution < -0.4 is 5.73 Å². The maximum Gasteiger partial charge on any atom is 0.0838 e. The normalized spacial score (nSPS) is 10.7. The van der Waals surface area contributed by atoms with E-state index in [1.807, 2.05) is 24.0 Å². The Morgan fingerprint density at radius 2 is 1.50 bits per heavy atom. The lowest BCUT2D eigenvalue weighted by molar-refractivity contribution is 0.742. The van der Waals surface area contributed by atoms with Crippen LogP contribution in [0.4, 0.5) is 0 Å². The number of aromatic nitrogens is 2. The predicted octanol–water partition coefficient (Wildman–Crippen LogP) is 3.21. The Hall–Kier alpha value is -2.39. The molecule has 0 fully saturated rings. The van der Waals surface area contributed by atoms with Gasteiger partial charge >= 0.3 is 0 Å². The Bertz CT molecular complexity index is 697. The van der Waals surface area contributed by atoms with Crippen molar-refractivity contribution in [1.29, 1.82) is 0 Å². The fourth-order valence-electron chi connectivity index (χ4n) is 2.40. The lowest BCUT2D eigenvalue weighted by Gasteiger charge is -2.04. The molecular formula is C17H17N3. The van der Waals surface area contributed by atoms with Crippen molar-refractivity contribution >= 4 is 0 Å². The maximum atomic E-state index is 5.75. The van der Waals surface area contributed by atoms with Crippen LogP contribution in [0.5, 0.6) is 0 Å². The summed E-state index contributed by atoms with van der Waals surface area (Å²) < 4.78 is 1.81. The van der Waals surface area contributed by atoms with Crippen LogP contribution in [-0.2, 0) is 13.6 Å². The van der Waals surface area contributed by atoms with Gasteiger partial charge in [0.15, 0.2) is 0 Å². The first-order valence-corrected chi connectivity index (χ1v) is 6.66. The SMILES string of the molecule is Cn1cc(-c2ccc(-c3ccccc3)cc2)c(CN)n1. The van der Waals surface area contributed by atoms with E-state index >= 15 is 0 Å². The van der Waals surface area contributed by atoms with Crippen LogP contribution in [-0.4, -0.2) is 9.78 Å². The number of nitrogens with two attached hydrogens (primary N) is 1. The molecule has 2 N–H and O–H groups in total. The predicted molar refractivity (Wildman–Crippen MR) is 82.0 cm³/mol. The van der Waals surface area contributed by atoms with Crippen molar-refractivity contribution in [3.8, 4) is 22.3 Å². The van der Waals surface area contributed by atoms with Gasteiger partial charge in [0.1, 0.15) is 0 Å². The first-order valence-electron chi connectivity index (χ1n) is 6.66. The zero-order chi connectivity index (χ0) is 13.9. The lowest BCUT2D eigenvalue weighted by Crippen LogP contribution is -1.99. The Kier molecular flexibility index (Phi) is 3.35. The summed E-state index contributed by atoms with van der Waals surface area (Å²) >= 11 is 0. The highest BCUT2D eigenvalue weighted by molar-refractivity contribution is 5.71. The largest absolute Gasteiger partial charge is 0.325 e. The Labute approximate surface area is 118 Å². The average Bonchev–Trinajstić information content (AvgIpc) is 2.89. The molecule has 3 rings (SSSR count). The average molecular weight is 263 g/mol. The second kappa shape index (κ2) is 5.31. The van der Waals surface area contributed by atoms with Crippen LogP contribution in [0.15, 0.2) is 60.8 Å². The molecule has 0 radical (unpaired) electrons. The molecule has 0 aliphatic carbocycles. The summed E-state index contributed by atoms with van der Waals surface area (Å²) in [5.74, 6) is 0. The van der Waals surface area contributed by atoms with Gasteiger partial charge in [-0.2, -0.15) is 5.10 Å². The molecular weight excluding hydrogens is 246 g/mol. The summed E-state index contributed by atoms with van der Waals surface area (Å²) in [5, 5.41) is 4.38. The van der Waals surface area contributed by atoms with E-state index in [4.69, 9.17) is 5.73 Å². The van der Waals surface area contributed by atoms with E-state index in [-0.39, 0.29) is 0 Å². The minimum Gasteiger partial charge on any atom is -0.325 e. The number of hydrogen-bond donors (Lipinski definition) is 1. The van der Waals surface area contributed by atoms with Crippen molar-refractivity contribution < 1.29 is 0 Å². The van der Waals surface area contributed by atoms with Gasteiger partial charge in [0.25, 0.3) is 0 Å². The maximum absolute atomic E-state index is 5.75. The quantitative estimate of drug-likeness (QED) is 0.788. The molecule has 3 nitrogen and oxygen atoms in total. The van der Waals surface area contributed by atoms with Gasteiger partial charge in [0.05, 0.1) is 5.69 Å². The van der Waals surface area contributed by atoms with Crippen molar-refractivity contribution in [1.82, 2.24) is 9.78 Å². The summed E-state index contributed by atoms with van der Waals surface area (Å²) in [6.07, 6.45) is 2.01. The number of benzene rings is 2. The van der Waals surface area contributed by atoms with E-state index in [0.29, 0.717) is 6.54 Å². The van der Waals surface area contributed by atoms with E-state index in [1.54, 1.807) is 0 Å². The smallest absolute Gasteiger partial charge is 0.0838 e. The molecule has 1 heterocycles. The summed E-state index contributed by atoms with van der Waals surface area (Å²) in [7, 11) is 1.92. The van der Waals surface area contributed by atoms with Crippen molar-refractivity contribution in [3.05, 3.63) is 66.5 Å². The summed E-state index contributed by atoms with van der Waals surface area (Å²) in [5.41, 5.74) is 11.4. The molecule has 0 bridgehead atoms. The van der Waals surface area contributed by atoms with Gasteiger partial charge in [-0.25, -0.2) is 0 Å². The van der Waals surface area contributed by atoms with Crippen LogP contribution in [0.2, 0.25) is 0 Å². The number of rotatable bonds is 3. The Balaban J connectivity index is 1.97. The summed E-state index contributed by atoms with van der Waals surface area (Å²) in [4.78, 5) is 0. The zero-order valence-electron chi connectivity index (χ0n) is 11.5. The number of hydrogen-bond acceptors (Lipinski definition) is 2. The molecule has 0 aliphatic heterocycles. The van der Waals surface area contributed by atoms with Crippen LogP contribution in [0.3, 0.4) is 0 Å². The van der Waals surface area contributed by atoms with Gasteiger partial charge in [-0.05, 0) is 16.7 Å². The molecule has 0 spiro atoms. The van der Waals surface area contributed by atoms with Gasteiger partial charge < -0.3 is 5.73 Å². The topological polar surface area (TPSA) is 43.8 Å². The van der Waals surface area contributed by atoms with E-state index in [2.05, 4.69) is 53.6 Å². The summed E-state index contributed by atoms with van der Waals surface area (Å²) in [6, 6.07) is 18.9. The van der Waals surface area contributed by atoms with Crippen LogP contribution in [0.25, 0.3) is 22.3 Å². The molecule has 3 heteroatoms. The van der Waals surface area contributed by atoms with Crippen LogP contribution in [0.1, 0.15) is 5.69 Å². The van der Waals surface area contributed by atoms with E-state index < -0.39 is 0 Å². The molecule has 0 atom stereocenters. The second-order valence-electron chi connectivity index (χ2n) is 4.81. The molecule has 0 unspecified atom stereocenters. The molecule has 100 valence electrons. The Morgan fingerprint density at radius 3 is 2.15 bits per heavy atom. The number of nitrogens with zero attached hydrogens (tertiary/aromatic N) is 2. The third kappa shape index (κ3) is 2.36. The second-order valence-corrected chi connectivity index (χ2v) is 4.81. The third-order valence-corrected chi connectivity index (χ3v) is 3.40. The van der Waals surface area contributed by atoms with Crippen molar-refractivity contribution in [2.24, 2.45) is 12.8 Å². The van der Waals surface area contributed by atoms with Gasteiger partial charge in [-0.15, -0.1) is 0 Å². The summed E-state index contributed by atoms with van der Waals surface area (Å²) in [6.45, 7) is 0.455. The minimum absolute atomic E-state index is 0.455. The van der Waals surface area contributed by atoms with Crippen molar-refractivity contribution in [2.75, 3.05) is 0 Å². The fourth-order valence-corrected chi connectivity index (χ4v) is 2.40. The molecule has 0 saturated heterocycles. The van der Waals surface area contributed by atoms with Gasteiger partial charge in [0.2, 0.25) is 0 Å². The molecule has 0 amide bonds. The van der Waals surface area contributed by atoms with Crippen molar-refractivity contribution in [2.45, 2.75) is 6.54 Å². The highest BCUT2D eigenvalue weighted by Gasteiger charge is 2.08. The zero-order valence-corrected chi connectivity index (χ0v) is 11.5. The molecule has 20 heavy (non-hydrogen) atoms. The monoisotopic (exact) mass is 263 g/mol. The van der Waals surface area contributed by atoms with E-state index in [1.165, 1.54) is 11.1 Å². The standard InChI is InChI=1S/C17H17N3/c1-20-12-16(17(11-18)19-20)15-9-7-14(8-10-15)13-5-3-2-4-6-13/h2-10,12H,11,18H2,1H3. The van der Waals surface area contributed by atoms with Crippen molar-refractivity contribution in [3.63, 3.8) is 0 Å². The molecule has 1 aromatic heterocycles. The highest BCUT2D eigenvalue weighted by Crippen LogP contribution is 2.26. The molecule has 2 aromatic carbocycles. The minimum atomic E-state index is 0.455. The van der Waals surface area contributed by atoms with Gasteiger partial charge in [0, 0.05) is 25.4 Å². The van der Waals surface area contributed by atoms with Crippen LogP contribution >= 0.6 is 0 Å².